The summed E-state index contributed by atoms with van der Waals surface area (Å²) < 4.78 is 5.33. The van der Waals surface area contributed by atoms with E-state index < -0.39 is 0 Å². The lowest BCUT2D eigenvalue weighted by atomic mass is 9.90. The molecule has 0 N–H and O–H groups in total. The largest absolute Gasteiger partial charge is 0.135 e. The fourth-order valence-electron chi connectivity index (χ4n) is 9.00. The van der Waals surface area contributed by atoms with Crippen LogP contribution < -0.4 is 0 Å². The van der Waals surface area contributed by atoms with Crippen molar-refractivity contribution < 1.29 is 0 Å². The highest BCUT2D eigenvalue weighted by Gasteiger charge is 2.16. The van der Waals surface area contributed by atoms with Gasteiger partial charge in [-0.1, -0.05) is 158 Å². The van der Waals surface area contributed by atoms with E-state index in [0.29, 0.717) is 0 Å². The summed E-state index contributed by atoms with van der Waals surface area (Å²) >= 11 is 3.79. The molecule has 0 aliphatic rings. The van der Waals surface area contributed by atoms with Crippen molar-refractivity contribution in [2.24, 2.45) is 0 Å². The van der Waals surface area contributed by atoms with Gasteiger partial charge in [-0.3, -0.25) is 0 Å². The van der Waals surface area contributed by atoms with Crippen LogP contribution in [0.1, 0.15) is 0 Å². The summed E-state index contributed by atoms with van der Waals surface area (Å²) in [5, 5.41) is 13.1. The zero-order valence-corrected chi connectivity index (χ0v) is 31.9. The topological polar surface area (TPSA) is 0 Å². The summed E-state index contributed by atoms with van der Waals surface area (Å²) in [6.45, 7) is 0. The Hall–Kier alpha value is -6.58. The zero-order chi connectivity index (χ0) is 36.7. The maximum Gasteiger partial charge on any atom is 0.0433 e. The number of hydrogen-bond donors (Lipinski definition) is 0. The van der Waals surface area contributed by atoms with Crippen LogP contribution in [0.25, 0.3) is 117 Å². The van der Waals surface area contributed by atoms with Crippen molar-refractivity contribution in [1.82, 2.24) is 0 Å². The average molecular weight is 745 g/mol. The van der Waals surface area contributed by atoms with E-state index in [1.165, 1.54) is 117 Å². The lowest BCUT2D eigenvalue weighted by Crippen LogP contribution is -1.88. The fourth-order valence-corrected chi connectivity index (χ4v) is 11.5. The quantitative estimate of drug-likeness (QED) is 0.157. The number of benzene rings is 10. The van der Waals surface area contributed by atoms with E-state index in [1.54, 1.807) is 0 Å². The summed E-state index contributed by atoms with van der Waals surface area (Å²) in [6.07, 6.45) is 0. The first-order valence-electron chi connectivity index (χ1n) is 19.2. The van der Waals surface area contributed by atoms with E-state index in [1.807, 2.05) is 22.7 Å². The van der Waals surface area contributed by atoms with Crippen molar-refractivity contribution in [3.63, 3.8) is 0 Å². The molecule has 0 unspecified atom stereocenters. The van der Waals surface area contributed by atoms with E-state index in [2.05, 4.69) is 194 Å². The van der Waals surface area contributed by atoms with Crippen molar-refractivity contribution in [2.45, 2.75) is 0 Å². The SMILES string of the molecule is c1ccc2c(c1)sc1c(-c3cc(-c4ccc(-c5ccc6c7ccccc7c7ccccc7c6c5)cc4)cc(-c4cccc5c4sc4ccccc45)c3)cccc12. The van der Waals surface area contributed by atoms with E-state index >= 15 is 0 Å². The third-order valence-corrected chi connectivity index (χ3v) is 14.1. The Morgan fingerprint density at radius 3 is 1.11 bits per heavy atom. The van der Waals surface area contributed by atoms with Crippen LogP contribution in [0.5, 0.6) is 0 Å². The smallest absolute Gasteiger partial charge is 0.0433 e. The number of rotatable bonds is 4. The molecule has 2 heteroatoms. The van der Waals surface area contributed by atoms with Gasteiger partial charge in [-0.25, -0.2) is 0 Å². The van der Waals surface area contributed by atoms with E-state index in [9.17, 15) is 0 Å². The zero-order valence-electron chi connectivity index (χ0n) is 30.3. The first kappa shape index (κ1) is 31.7. The first-order valence-corrected chi connectivity index (χ1v) is 20.8. The molecule has 12 aromatic rings. The van der Waals surface area contributed by atoms with Crippen molar-refractivity contribution in [1.29, 1.82) is 0 Å². The van der Waals surface area contributed by atoms with E-state index in [-0.39, 0.29) is 0 Å². The first-order chi connectivity index (χ1) is 27.7. The molecule has 56 heavy (non-hydrogen) atoms. The lowest BCUT2D eigenvalue weighted by molar-refractivity contribution is 1.59. The molecule has 0 spiro atoms. The maximum absolute atomic E-state index is 2.42. The highest BCUT2D eigenvalue weighted by Crippen LogP contribution is 2.45. The Bertz CT molecular complexity index is 3360. The van der Waals surface area contributed by atoms with Crippen molar-refractivity contribution >= 4 is 95.3 Å². The molecule has 0 aliphatic heterocycles. The molecule has 0 atom stereocenters. The molecule has 0 bridgehead atoms. The summed E-state index contributed by atoms with van der Waals surface area (Å²) in [7, 11) is 0. The summed E-state index contributed by atoms with van der Waals surface area (Å²) in [5.74, 6) is 0. The van der Waals surface area contributed by atoms with Gasteiger partial charge in [0.1, 0.15) is 0 Å². The van der Waals surface area contributed by atoms with Crippen LogP contribution in [0.15, 0.2) is 194 Å². The maximum atomic E-state index is 2.42. The van der Waals surface area contributed by atoms with E-state index in [0.717, 1.165) is 0 Å². The molecule has 0 aliphatic carbocycles. The molecule has 0 saturated carbocycles. The van der Waals surface area contributed by atoms with Gasteiger partial charge in [-0.05, 0) is 113 Å². The third-order valence-electron chi connectivity index (χ3n) is 11.7. The van der Waals surface area contributed by atoms with Gasteiger partial charge in [0.15, 0.2) is 0 Å². The second-order valence-electron chi connectivity index (χ2n) is 14.8. The van der Waals surface area contributed by atoms with Gasteiger partial charge in [0, 0.05) is 40.3 Å². The van der Waals surface area contributed by atoms with Gasteiger partial charge < -0.3 is 0 Å². The third kappa shape index (κ3) is 4.90. The molecule has 12 rings (SSSR count). The Morgan fingerprint density at radius 2 is 0.589 bits per heavy atom. The Kier molecular flexibility index (Phi) is 7.07. The average Bonchev–Trinajstić information content (AvgIpc) is 3.85. The highest BCUT2D eigenvalue weighted by atomic mass is 32.1. The monoisotopic (exact) mass is 744 g/mol. The van der Waals surface area contributed by atoms with Crippen LogP contribution in [0.2, 0.25) is 0 Å². The Labute approximate surface area is 332 Å². The lowest BCUT2D eigenvalue weighted by Gasteiger charge is -2.14. The van der Waals surface area contributed by atoms with Gasteiger partial charge in [-0.15, -0.1) is 22.7 Å². The number of thiophene rings is 2. The van der Waals surface area contributed by atoms with E-state index in [4.69, 9.17) is 0 Å². The highest BCUT2D eigenvalue weighted by molar-refractivity contribution is 7.26. The predicted molar refractivity (Wildman–Crippen MR) is 246 cm³/mol. The summed E-state index contributed by atoms with van der Waals surface area (Å²) in [6, 6.07) is 72.2. The van der Waals surface area contributed by atoms with Crippen LogP contribution in [-0.4, -0.2) is 0 Å². The minimum Gasteiger partial charge on any atom is -0.135 e. The standard InChI is InChI=1S/C54H32S2/c1-2-13-43-41(11-1)42-12-3-4-14-44(42)50-32-35(27-28-45(43)50)33-23-25-34(26-24-33)36-29-37(39-17-9-19-48-46-15-5-7-21-51(46)55-53(39)48)31-38(30-36)40-18-10-20-49-47-16-6-8-22-52(47)56-54(40)49/h1-32H. The molecule has 0 fully saturated rings. The summed E-state index contributed by atoms with van der Waals surface area (Å²) in [5.41, 5.74) is 9.92. The molecule has 2 heterocycles. The molecule has 0 radical (unpaired) electrons. The molecule has 2 aromatic heterocycles. The van der Waals surface area contributed by atoms with Crippen LogP contribution in [0.3, 0.4) is 0 Å². The van der Waals surface area contributed by atoms with Crippen LogP contribution >= 0.6 is 22.7 Å². The Balaban J connectivity index is 1.03. The number of fused-ring (bicyclic) bond motifs is 12. The minimum absolute atomic E-state index is 1.21. The van der Waals surface area contributed by atoms with Crippen LogP contribution in [0.4, 0.5) is 0 Å². The predicted octanol–water partition coefficient (Wildman–Crippen LogP) is 16.5. The second-order valence-corrected chi connectivity index (χ2v) is 16.9. The fraction of sp³-hybridized carbons (Fsp3) is 0. The van der Waals surface area contributed by atoms with Gasteiger partial charge in [0.05, 0.1) is 0 Å². The second kappa shape index (κ2) is 12.5. The number of hydrogen-bond acceptors (Lipinski definition) is 2. The minimum atomic E-state index is 1.21. The molecular formula is C54H32S2. The summed E-state index contributed by atoms with van der Waals surface area (Å²) in [4.78, 5) is 0. The molecular weight excluding hydrogens is 713 g/mol. The van der Waals surface area contributed by atoms with Crippen molar-refractivity contribution in [3.8, 4) is 44.5 Å². The van der Waals surface area contributed by atoms with Gasteiger partial charge in [-0.2, -0.15) is 0 Å². The molecule has 0 nitrogen and oxygen atoms in total. The molecule has 0 amide bonds. The Morgan fingerprint density at radius 1 is 0.214 bits per heavy atom. The molecule has 260 valence electrons. The molecule has 0 saturated heterocycles. The van der Waals surface area contributed by atoms with Crippen molar-refractivity contribution in [2.75, 3.05) is 0 Å². The normalized spacial score (nSPS) is 11.9. The van der Waals surface area contributed by atoms with Gasteiger partial charge >= 0.3 is 0 Å². The molecule has 10 aromatic carbocycles. The van der Waals surface area contributed by atoms with Gasteiger partial charge in [0.2, 0.25) is 0 Å². The van der Waals surface area contributed by atoms with Crippen LogP contribution in [-0.2, 0) is 0 Å². The van der Waals surface area contributed by atoms with Crippen LogP contribution in [0, 0.1) is 0 Å². The van der Waals surface area contributed by atoms with Gasteiger partial charge in [0.25, 0.3) is 0 Å². The van der Waals surface area contributed by atoms with Crippen molar-refractivity contribution in [3.05, 3.63) is 194 Å².